The first-order chi connectivity index (χ1) is 11.6. The molecule has 0 fully saturated rings. The van der Waals surface area contributed by atoms with Crippen LogP contribution in [0.25, 0.3) is 5.95 Å². The first-order valence-corrected chi connectivity index (χ1v) is 7.86. The average Bonchev–Trinajstić information content (AvgIpc) is 3.00. The van der Waals surface area contributed by atoms with Crippen molar-refractivity contribution < 1.29 is 4.79 Å². The molecule has 0 unspecified atom stereocenters. The molecule has 1 aromatic carbocycles. The number of carbonyl (C=O) groups is 1. The molecule has 6 nitrogen and oxygen atoms in total. The van der Waals surface area contributed by atoms with Crippen LogP contribution in [0, 0.1) is 6.92 Å². The maximum absolute atomic E-state index is 12.0. The smallest absolute Gasteiger partial charge is 0.235 e. The molecule has 1 N–H and O–H groups in total. The Kier molecular flexibility index (Phi) is 4.86. The highest BCUT2D eigenvalue weighted by atomic mass is 35.5. The molecule has 0 aliphatic rings. The molecule has 0 atom stereocenters. The van der Waals surface area contributed by atoms with Crippen LogP contribution in [0.5, 0.6) is 0 Å². The summed E-state index contributed by atoms with van der Waals surface area (Å²) in [5, 5.41) is 3.46. The van der Waals surface area contributed by atoms with Gasteiger partial charge in [0, 0.05) is 23.8 Å². The molecule has 3 rings (SSSR count). The van der Waals surface area contributed by atoms with E-state index in [4.69, 9.17) is 11.6 Å². The highest BCUT2D eigenvalue weighted by Crippen LogP contribution is 2.13. The number of nitrogens with zero attached hydrogens (tertiary/aromatic N) is 4. The fraction of sp³-hybridized carbons (Fsp3) is 0.176. The molecule has 24 heavy (non-hydrogen) atoms. The first kappa shape index (κ1) is 16.1. The molecule has 2 aromatic heterocycles. The number of aryl methyl sites for hydroxylation is 2. The topological polar surface area (TPSA) is 72.7 Å². The number of carbonyl (C=O) groups excluding carboxylic acids is 1. The standard InChI is InChI=1S/C17H16ClN5O/c1-12-19-7-8-23(12)17-20-10-15(11-21-17)22-16(24)6-5-13-3-2-4-14(18)9-13/h2-4,7-11H,5-6H2,1H3,(H,22,24). The molecule has 0 radical (unpaired) electrons. The van der Waals surface area contributed by atoms with Crippen LogP contribution in [0.1, 0.15) is 17.8 Å². The third-order valence-electron chi connectivity index (χ3n) is 3.49. The molecule has 1 amide bonds. The number of amides is 1. The van der Waals surface area contributed by atoms with Crippen LogP contribution in [0.4, 0.5) is 5.69 Å². The first-order valence-electron chi connectivity index (χ1n) is 7.48. The molecule has 0 saturated carbocycles. The molecular formula is C17H16ClN5O. The van der Waals surface area contributed by atoms with Crippen molar-refractivity contribution in [1.29, 1.82) is 0 Å². The second kappa shape index (κ2) is 7.23. The summed E-state index contributed by atoms with van der Waals surface area (Å²) in [6, 6.07) is 7.50. The third-order valence-corrected chi connectivity index (χ3v) is 3.73. The summed E-state index contributed by atoms with van der Waals surface area (Å²) < 4.78 is 1.77. The number of anilines is 1. The van der Waals surface area contributed by atoms with E-state index in [9.17, 15) is 4.79 Å². The normalized spacial score (nSPS) is 10.6. The van der Waals surface area contributed by atoms with E-state index in [-0.39, 0.29) is 5.91 Å². The van der Waals surface area contributed by atoms with E-state index in [1.54, 1.807) is 29.4 Å². The zero-order valence-corrected chi connectivity index (χ0v) is 13.9. The van der Waals surface area contributed by atoms with Gasteiger partial charge in [-0.2, -0.15) is 0 Å². The van der Waals surface area contributed by atoms with Crippen LogP contribution in [0.15, 0.2) is 49.1 Å². The summed E-state index contributed by atoms with van der Waals surface area (Å²) in [6.07, 6.45) is 7.62. The minimum absolute atomic E-state index is 0.0925. The minimum atomic E-state index is -0.0925. The molecule has 0 aliphatic heterocycles. The lowest BCUT2D eigenvalue weighted by Crippen LogP contribution is -2.13. The monoisotopic (exact) mass is 341 g/mol. The van der Waals surface area contributed by atoms with E-state index >= 15 is 0 Å². The van der Waals surface area contributed by atoms with Crippen LogP contribution >= 0.6 is 11.6 Å². The van der Waals surface area contributed by atoms with E-state index in [1.165, 1.54) is 0 Å². The van der Waals surface area contributed by atoms with Crippen molar-refractivity contribution in [3.05, 3.63) is 65.5 Å². The van der Waals surface area contributed by atoms with Crippen LogP contribution in [0.2, 0.25) is 5.02 Å². The predicted molar refractivity (Wildman–Crippen MR) is 92.3 cm³/mol. The number of halogens is 1. The lowest BCUT2D eigenvalue weighted by molar-refractivity contribution is -0.116. The highest BCUT2D eigenvalue weighted by Gasteiger charge is 2.07. The van der Waals surface area contributed by atoms with Gasteiger partial charge in [-0.1, -0.05) is 23.7 Å². The summed E-state index contributed by atoms with van der Waals surface area (Å²) in [7, 11) is 0. The lowest BCUT2D eigenvalue weighted by Gasteiger charge is -2.07. The van der Waals surface area contributed by atoms with Gasteiger partial charge in [0.1, 0.15) is 5.82 Å². The van der Waals surface area contributed by atoms with Gasteiger partial charge in [0.05, 0.1) is 18.1 Å². The Morgan fingerprint density at radius 2 is 2.04 bits per heavy atom. The zero-order valence-electron chi connectivity index (χ0n) is 13.1. The van der Waals surface area contributed by atoms with Gasteiger partial charge >= 0.3 is 0 Å². The molecule has 0 bridgehead atoms. The van der Waals surface area contributed by atoms with Crippen molar-refractivity contribution in [3.63, 3.8) is 0 Å². The molecule has 3 aromatic rings. The number of hydrogen-bond donors (Lipinski definition) is 1. The highest BCUT2D eigenvalue weighted by molar-refractivity contribution is 6.30. The van der Waals surface area contributed by atoms with Crippen molar-refractivity contribution in [2.24, 2.45) is 0 Å². The summed E-state index contributed by atoms with van der Waals surface area (Å²) in [5.74, 6) is 1.22. The summed E-state index contributed by atoms with van der Waals surface area (Å²) >= 11 is 5.93. The maximum atomic E-state index is 12.0. The Morgan fingerprint density at radius 3 is 2.71 bits per heavy atom. The summed E-state index contributed by atoms with van der Waals surface area (Å²) in [5.41, 5.74) is 1.59. The Morgan fingerprint density at radius 1 is 1.25 bits per heavy atom. The van der Waals surface area contributed by atoms with Gasteiger partial charge in [0.15, 0.2) is 0 Å². The van der Waals surface area contributed by atoms with Gasteiger partial charge in [-0.15, -0.1) is 0 Å². The number of aromatic nitrogens is 4. The van der Waals surface area contributed by atoms with E-state index in [1.807, 2.05) is 31.2 Å². The van der Waals surface area contributed by atoms with Crippen molar-refractivity contribution >= 4 is 23.2 Å². The van der Waals surface area contributed by atoms with Gasteiger partial charge in [-0.3, -0.25) is 9.36 Å². The van der Waals surface area contributed by atoms with E-state index in [2.05, 4.69) is 20.3 Å². The Labute approximate surface area is 144 Å². The van der Waals surface area contributed by atoms with Gasteiger partial charge in [-0.05, 0) is 31.0 Å². The molecule has 0 saturated heterocycles. The van der Waals surface area contributed by atoms with Gasteiger partial charge in [0.25, 0.3) is 0 Å². The Bertz CT molecular complexity index is 844. The van der Waals surface area contributed by atoms with Crippen molar-refractivity contribution in [2.75, 3.05) is 5.32 Å². The molecule has 0 spiro atoms. The molecule has 122 valence electrons. The predicted octanol–water partition coefficient (Wildman–Crippen LogP) is 3.20. The number of nitrogens with one attached hydrogen (secondary N) is 1. The molecule has 7 heteroatoms. The van der Waals surface area contributed by atoms with E-state index in [0.29, 0.717) is 29.5 Å². The van der Waals surface area contributed by atoms with Gasteiger partial charge in [-0.25, -0.2) is 15.0 Å². The number of benzene rings is 1. The molecule has 0 aliphatic carbocycles. The minimum Gasteiger partial charge on any atom is -0.323 e. The van der Waals surface area contributed by atoms with Crippen LogP contribution in [0.3, 0.4) is 0 Å². The van der Waals surface area contributed by atoms with Crippen molar-refractivity contribution in [3.8, 4) is 5.95 Å². The maximum Gasteiger partial charge on any atom is 0.235 e. The lowest BCUT2D eigenvalue weighted by atomic mass is 10.1. The van der Waals surface area contributed by atoms with E-state index in [0.717, 1.165) is 11.4 Å². The Hall–Kier alpha value is -2.73. The fourth-order valence-corrected chi connectivity index (χ4v) is 2.49. The van der Waals surface area contributed by atoms with Gasteiger partial charge in [0.2, 0.25) is 11.9 Å². The average molecular weight is 342 g/mol. The van der Waals surface area contributed by atoms with Crippen LogP contribution in [-0.4, -0.2) is 25.4 Å². The summed E-state index contributed by atoms with van der Waals surface area (Å²) in [4.78, 5) is 24.6. The largest absolute Gasteiger partial charge is 0.323 e. The zero-order chi connectivity index (χ0) is 16.9. The number of hydrogen-bond acceptors (Lipinski definition) is 4. The van der Waals surface area contributed by atoms with Crippen LogP contribution in [-0.2, 0) is 11.2 Å². The SMILES string of the molecule is Cc1nccn1-c1ncc(NC(=O)CCc2cccc(Cl)c2)cn1. The third kappa shape index (κ3) is 3.97. The molecular weight excluding hydrogens is 326 g/mol. The van der Waals surface area contributed by atoms with Gasteiger partial charge < -0.3 is 5.32 Å². The quantitative estimate of drug-likeness (QED) is 0.773. The van der Waals surface area contributed by atoms with E-state index < -0.39 is 0 Å². The van der Waals surface area contributed by atoms with Crippen molar-refractivity contribution in [2.45, 2.75) is 19.8 Å². The van der Waals surface area contributed by atoms with Crippen LogP contribution < -0.4 is 5.32 Å². The second-order valence-corrected chi connectivity index (χ2v) is 5.73. The summed E-state index contributed by atoms with van der Waals surface area (Å²) in [6.45, 7) is 1.87. The number of rotatable bonds is 5. The molecule has 2 heterocycles. The second-order valence-electron chi connectivity index (χ2n) is 5.29. The Balaban J connectivity index is 1.57. The fourth-order valence-electron chi connectivity index (χ4n) is 2.27. The van der Waals surface area contributed by atoms with Crippen molar-refractivity contribution in [1.82, 2.24) is 19.5 Å². The number of imidazole rings is 1.